The van der Waals surface area contributed by atoms with Gasteiger partial charge < -0.3 is 14.8 Å². The lowest BCUT2D eigenvalue weighted by Crippen LogP contribution is -2.08. The van der Waals surface area contributed by atoms with Crippen molar-refractivity contribution in [3.63, 3.8) is 0 Å². The Morgan fingerprint density at radius 1 is 1.19 bits per heavy atom. The quantitative estimate of drug-likeness (QED) is 0.787. The van der Waals surface area contributed by atoms with Crippen LogP contribution in [0.5, 0.6) is 5.75 Å². The average molecular weight is 223 g/mol. The molecule has 0 atom stereocenters. The number of hydrogen-bond acceptors (Lipinski definition) is 4. The van der Waals surface area contributed by atoms with Gasteiger partial charge in [0.15, 0.2) is 0 Å². The van der Waals surface area contributed by atoms with Crippen LogP contribution in [0.4, 0.5) is 5.69 Å². The van der Waals surface area contributed by atoms with E-state index in [1.54, 1.807) is 6.07 Å². The molecule has 0 spiro atoms. The van der Waals surface area contributed by atoms with Gasteiger partial charge in [-0.15, -0.1) is 0 Å². The zero-order chi connectivity index (χ0) is 12.1. The fourth-order valence-corrected chi connectivity index (χ4v) is 1.23. The molecule has 1 rings (SSSR count). The zero-order valence-corrected chi connectivity index (χ0v) is 9.37. The number of anilines is 1. The molecule has 1 aromatic rings. The molecule has 0 aromatic heterocycles. The Labute approximate surface area is 93.4 Å². The molecule has 1 amide bonds. The topological polar surface area (TPSA) is 64.6 Å². The molecule has 5 nitrogen and oxygen atoms in total. The Bertz CT molecular complexity index is 414. The van der Waals surface area contributed by atoms with Gasteiger partial charge in [-0.2, -0.15) is 0 Å². The summed E-state index contributed by atoms with van der Waals surface area (Å²) in [6.45, 7) is 1.39. The second-order valence-corrected chi connectivity index (χ2v) is 3.12. The van der Waals surface area contributed by atoms with E-state index >= 15 is 0 Å². The summed E-state index contributed by atoms with van der Waals surface area (Å²) in [5, 5.41) is 2.57. The smallest absolute Gasteiger partial charge is 0.338 e. The van der Waals surface area contributed by atoms with Crippen molar-refractivity contribution >= 4 is 17.6 Å². The first-order valence-corrected chi connectivity index (χ1v) is 4.62. The number of esters is 1. The van der Waals surface area contributed by atoms with Crippen molar-refractivity contribution in [3.05, 3.63) is 23.8 Å². The Morgan fingerprint density at radius 3 is 2.38 bits per heavy atom. The molecule has 0 saturated heterocycles. The van der Waals surface area contributed by atoms with E-state index in [9.17, 15) is 9.59 Å². The monoisotopic (exact) mass is 223 g/mol. The highest BCUT2D eigenvalue weighted by Crippen LogP contribution is 2.21. The molecule has 0 saturated carbocycles. The van der Waals surface area contributed by atoms with Gasteiger partial charge >= 0.3 is 5.97 Å². The van der Waals surface area contributed by atoms with E-state index < -0.39 is 5.97 Å². The number of ether oxygens (including phenoxy) is 2. The van der Waals surface area contributed by atoms with Crippen LogP contribution in [0.2, 0.25) is 0 Å². The minimum atomic E-state index is -0.481. The summed E-state index contributed by atoms with van der Waals surface area (Å²) in [5.41, 5.74) is 0.817. The van der Waals surface area contributed by atoms with Crippen LogP contribution < -0.4 is 10.1 Å². The van der Waals surface area contributed by atoms with Crippen LogP contribution in [0.1, 0.15) is 17.3 Å². The van der Waals surface area contributed by atoms with Gasteiger partial charge in [0.2, 0.25) is 5.91 Å². The van der Waals surface area contributed by atoms with Gasteiger partial charge in [-0.1, -0.05) is 0 Å². The zero-order valence-electron chi connectivity index (χ0n) is 9.37. The summed E-state index contributed by atoms with van der Waals surface area (Å²) in [5.74, 6) is -0.221. The minimum absolute atomic E-state index is 0.218. The lowest BCUT2D eigenvalue weighted by atomic mass is 10.2. The maximum absolute atomic E-state index is 11.3. The second-order valence-electron chi connectivity index (χ2n) is 3.12. The summed E-state index contributed by atoms with van der Waals surface area (Å²) in [4.78, 5) is 22.2. The first kappa shape index (κ1) is 12.0. The highest BCUT2D eigenvalue weighted by molar-refractivity contribution is 5.94. The van der Waals surface area contributed by atoms with E-state index in [4.69, 9.17) is 4.74 Å². The van der Waals surface area contributed by atoms with Crippen LogP contribution in [0.15, 0.2) is 18.2 Å². The Balaban J connectivity index is 3.10. The molecule has 0 heterocycles. The van der Waals surface area contributed by atoms with Gasteiger partial charge in [0.05, 0.1) is 19.8 Å². The molecule has 0 aliphatic heterocycles. The van der Waals surface area contributed by atoms with Crippen molar-refractivity contribution in [2.75, 3.05) is 19.5 Å². The third-order valence-electron chi connectivity index (χ3n) is 1.88. The minimum Gasteiger partial charge on any atom is -0.497 e. The van der Waals surface area contributed by atoms with Crippen LogP contribution in [-0.4, -0.2) is 26.1 Å². The Kier molecular flexibility index (Phi) is 3.88. The fourth-order valence-electron chi connectivity index (χ4n) is 1.23. The van der Waals surface area contributed by atoms with Crippen LogP contribution in [0.3, 0.4) is 0 Å². The van der Waals surface area contributed by atoms with E-state index in [1.165, 1.54) is 33.3 Å². The van der Waals surface area contributed by atoms with E-state index in [0.29, 0.717) is 17.0 Å². The summed E-state index contributed by atoms with van der Waals surface area (Å²) >= 11 is 0. The molecule has 0 unspecified atom stereocenters. The highest BCUT2D eigenvalue weighted by Gasteiger charge is 2.09. The number of rotatable bonds is 3. The molecule has 1 N–H and O–H groups in total. The summed E-state index contributed by atoms with van der Waals surface area (Å²) in [7, 11) is 2.77. The first-order chi connectivity index (χ1) is 7.56. The van der Waals surface area contributed by atoms with Crippen molar-refractivity contribution in [1.82, 2.24) is 0 Å². The number of methoxy groups -OCH3 is 2. The number of carbonyl (C=O) groups is 2. The third kappa shape index (κ3) is 2.98. The molecule has 1 aromatic carbocycles. The largest absolute Gasteiger partial charge is 0.497 e. The first-order valence-electron chi connectivity index (χ1n) is 4.62. The van der Waals surface area contributed by atoms with Gasteiger partial charge in [0, 0.05) is 18.7 Å². The van der Waals surface area contributed by atoms with Gasteiger partial charge in [-0.05, 0) is 12.1 Å². The van der Waals surface area contributed by atoms with Gasteiger partial charge in [0.1, 0.15) is 5.75 Å². The second kappa shape index (κ2) is 5.16. The summed E-state index contributed by atoms with van der Waals surface area (Å²) < 4.78 is 9.60. The van der Waals surface area contributed by atoms with E-state index in [2.05, 4.69) is 10.1 Å². The lowest BCUT2D eigenvalue weighted by Gasteiger charge is -2.08. The molecule has 16 heavy (non-hydrogen) atoms. The molecule has 86 valence electrons. The number of amides is 1. The molecular formula is C11H13NO4. The predicted octanol–water partition coefficient (Wildman–Crippen LogP) is 1.44. The standard InChI is InChI=1S/C11H13NO4/c1-7(13)12-9-4-8(11(14)16-3)5-10(6-9)15-2/h4-6H,1-3H3,(H,12,13). The number of nitrogens with one attached hydrogen (secondary N) is 1. The van der Waals surface area contributed by atoms with Crippen LogP contribution >= 0.6 is 0 Å². The van der Waals surface area contributed by atoms with E-state index in [-0.39, 0.29) is 5.91 Å². The number of hydrogen-bond donors (Lipinski definition) is 1. The van der Waals surface area contributed by atoms with E-state index in [0.717, 1.165) is 0 Å². The Hall–Kier alpha value is -2.04. The van der Waals surface area contributed by atoms with Crippen molar-refractivity contribution in [3.8, 4) is 5.75 Å². The molecule has 5 heteroatoms. The maximum atomic E-state index is 11.3. The Morgan fingerprint density at radius 2 is 1.88 bits per heavy atom. The van der Waals surface area contributed by atoms with Gasteiger partial charge in [0.25, 0.3) is 0 Å². The molecule has 0 bridgehead atoms. The highest BCUT2D eigenvalue weighted by atomic mass is 16.5. The molecule has 0 aliphatic carbocycles. The average Bonchev–Trinajstić information content (AvgIpc) is 2.26. The molecule has 0 fully saturated rings. The number of benzene rings is 1. The van der Waals surface area contributed by atoms with Crippen molar-refractivity contribution < 1.29 is 19.1 Å². The van der Waals surface area contributed by atoms with E-state index in [1.807, 2.05) is 0 Å². The molecule has 0 aliphatic rings. The molecule has 0 radical (unpaired) electrons. The van der Waals surface area contributed by atoms with Crippen LogP contribution in [-0.2, 0) is 9.53 Å². The van der Waals surface area contributed by atoms with Gasteiger partial charge in [-0.25, -0.2) is 4.79 Å². The van der Waals surface area contributed by atoms with Crippen molar-refractivity contribution in [2.45, 2.75) is 6.92 Å². The maximum Gasteiger partial charge on any atom is 0.338 e. The fraction of sp³-hybridized carbons (Fsp3) is 0.273. The van der Waals surface area contributed by atoms with Crippen molar-refractivity contribution in [2.24, 2.45) is 0 Å². The van der Waals surface area contributed by atoms with Crippen LogP contribution in [0.25, 0.3) is 0 Å². The normalized spacial score (nSPS) is 9.44. The lowest BCUT2D eigenvalue weighted by molar-refractivity contribution is -0.114. The van der Waals surface area contributed by atoms with Gasteiger partial charge in [-0.3, -0.25) is 4.79 Å². The summed E-state index contributed by atoms with van der Waals surface area (Å²) in [6, 6.07) is 4.68. The summed E-state index contributed by atoms with van der Waals surface area (Å²) in [6.07, 6.45) is 0. The SMILES string of the molecule is COC(=O)c1cc(NC(C)=O)cc(OC)c1. The third-order valence-corrected chi connectivity index (χ3v) is 1.88. The van der Waals surface area contributed by atoms with Crippen LogP contribution in [0, 0.1) is 0 Å². The molecular weight excluding hydrogens is 210 g/mol. The number of carbonyl (C=O) groups excluding carboxylic acids is 2. The predicted molar refractivity (Wildman–Crippen MR) is 58.6 cm³/mol. The van der Waals surface area contributed by atoms with Crippen molar-refractivity contribution in [1.29, 1.82) is 0 Å².